The Labute approximate surface area is 291 Å². The van der Waals surface area contributed by atoms with Gasteiger partial charge in [0.1, 0.15) is 0 Å². The van der Waals surface area contributed by atoms with E-state index >= 15 is 0 Å². The second-order valence-corrected chi connectivity index (χ2v) is 13.7. The summed E-state index contributed by atoms with van der Waals surface area (Å²) < 4.78 is 1.01. The summed E-state index contributed by atoms with van der Waals surface area (Å²) in [6.07, 6.45) is 0. The van der Waals surface area contributed by atoms with Crippen molar-refractivity contribution in [2.24, 2.45) is 0 Å². The normalized spacial score (nSPS) is 12.6. The largest absolute Gasteiger partial charge is 0.310 e. The number of fused-ring (bicyclic) bond motifs is 3. The molecule has 0 unspecified atom stereocenters. The van der Waals surface area contributed by atoms with Gasteiger partial charge in [0.2, 0.25) is 0 Å². The van der Waals surface area contributed by atoms with Gasteiger partial charge >= 0.3 is 0 Å². The topological polar surface area (TPSA) is 6.48 Å². The zero-order valence-corrected chi connectivity index (χ0v) is 28.6. The van der Waals surface area contributed by atoms with Crippen LogP contribution < -0.4 is 9.80 Å². The van der Waals surface area contributed by atoms with E-state index in [1.54, 1.807) is 0 Å². The highest BCUT2D eigenvalue weighted by Crippen LogP contribution is 2.51. The Hall–Kier alpha value is -5.38. The number of rotatable bonds is 7. The molecule has 48 heavy (non-hydrogen) atoms. The summed E-state index contributed by atoms with van der Waals surface area (Å²) in [5, 5.41) is 0. The number of hydrogen-bond donors (Lipinski definition) is 0. The predicted octanol–water partition coefficient (Wildman–Crippen LogP) is 13.4. The van der Waals surface area contributed by atoms with Gasteiger partial charge in [0.15, 0.2) is 0 Å². The van der Waals surface area contributed by atoms with E-state index < -0.39 is 0 Å². The number of nitrogens with zero attached hydrogens (tertiary/aromatic N) is 2. The van der Waals surface area contributed by atoms with Crippen molar-refractivity contribution in [2.45, 2.75) is 19.3 Å². The second kappa shape index (κ2) is 12.3. The van der Waals surface area contributed by atoms with Crippen LogP contribution in [0.25, 0.3) is 22.3 Å². The van der Waals surface area contributed by atoms with Crippen LogP contribution in [0.15, 0.2) is 180 Å². The lowest BCUT2D eigenvalue weighted by molar-refractivity contribution is 0.660. The monoisotopic (exact) mass is 682 g/mol. The zero-order chi connectivity index (χ0) is 32.7. The third kappa shape index (κ3) is 5.40. The quantitative estimate of drug-likeness (QED) is 0.165. The fourth-order valence-corrected chi connectivity index (χ4v) is 7.62. The Balaban J connectivity index is 1.31. The third-order valence-corrected chi connectivity index (χ3v) is 9.93. The highest BCUT2D eigenvalue weighted by atomic mass is 79.9. The molecule has 3 heteroatoms. The molecule has 0 radical (unpaired) electrons. The summed E-state index contributed by atoms with van der Waals surface area (Å²) in [5.41, 5.74) is 14.2. The van der Waals surface area contributed by atoms with Crippen LogP contribution in [0.2, 0.25) is 0 Å². The Morgan fingerprint density at radius 1 is 0.375 bits per heavy atom. The van der Waals surface area contributed by atoms with Crippen molar-refractivity contribution in [3.05, 3.63) is 192 Å². The number of anilines is 6. The van der Waals surface area contributed by atoms with Crippen molar-refractivity contribution in [1.29, 1.82) is 0 Å². The molecule has 0 amide bonds. The van der Waals surface area contributed by atoms with Gasteiger partial charge < -0.3 is 9.80 Å². The van der Waals surface area contributed by atoms with Crippen LogP contribution in [0, 0.1) is 0 Å². The highest BCUT2D eigenvalue weighted by Gasteiger charge is 2.35. The van der Waals surface area contributed by atoms with E-state index in [1.807, 2.05) is 0 Å². The average molecular weight is 684 g/mol. The SMILES string of the molecule is CC1(C)c2ccccc2-c2cc(N(c3ccc(-c4ccccc4)cc3)c3cc(Br)cc(N(c4ccccc4)c4ccccc4)c3)ccc21. The molecule has 0 heterocycles. The van der Waals surface area contributed by atoms with Gasteiger partial charge in [-0.15, -0.1) is 0 Å². The molecule has 0 aliphatic heterocycles. The first kappa shape index (κ1) is 30.0. The summed E-state index contributed by atoms with van der Waals surface area (Å²) in [4.78, 5) is 4.69. The number of halogens is 1. The summed E-state index contributed by atoms with van der Waals surface area (Å²) in [6, 6.07) is 63.2. The molecule has 0 saturated heterocycles. The molecule has 232 valence electrons. The summed E-state index contributed by atoms with van der Waals surface area (Å²) in [5.74, 6) is 0. The molecule has 1 aliphatic rings. The Kier molecular flexibility index (Phi) is 7.70. The molecule has 7 aromatic rings. The summed E-state index contributed by atoms with van der Waals surface area (Å²) in [6.45, 7) is 4.67. The maximum Gasteiger partial charge on any atom is 0.0493 e. The molecule has 0 saturated carbocycles. The zero-order valence-electron chi connectivity index (χ0n) is 27.0. The van der Waals surface area contributed by atoms with Crippen molar-refractivity contribution in [3.63, 3.8) is 0 Å². The Morgan fingerprint density at radius 3 is 1.46 bits per heavy atom. The van der Waals surface area contributed by atoms with Crippen molar-refractivity contribution in [3.8, 4) is 22.3 Å². The van der Waals surface area contributed by atoms with E-state index in [-0.39, 0.29) is 5.41 Å². The molecule has 8 rings (SSSR count). The van der Waals surface area contributed by atoms with Gasteiger partial charge in [-0.2, -0.15) is 0 Å². The van der Waals surface area contributed by atoms with Crippen molar-refractivity contribution < 1.29 is 0 Å². The molecular formula is C45H35BrN2. The summed E-state index contributed by atoms with van der Waals surface area (Å²) >= 11 is 3.91. The molecule has 7 aromatic carbocycles. The molecule has 1 aliphatic carbocycles. The Bertz CT molecular complexity index is 2170. The fourth-order valence-electron chi connectivity index (χ4n) is 7.15. The molecule has 0 fully saturated rings. The van der Waals surface area contributed by atoms with Crippen molar-refractivity contribution >= 4 is 50.1 Å². The third-order valence-electron chi connectivity index (χ3n) is 9.47. The lowest BCUT2D eigenvalue weighted by Crippen LogP contribution is -2.15. The van der Waals surface area contributed by atoms with E-state index in [1.165, 1.54) is 33.4 Å². The average Bonchev–Trinajstić information content (AvgIpc) is 3.36. The van der Waals surface area contributed by atoms with Crippen LogP contribution in [-0.2, 0) is 5.41 Å². The first-order chi connectivity index (χ1) is 23.5. The number of para-hydroxylation sites is 2. The van der Waals surface area contributed by atoms with Crippen molar-refractivity contribution in [2.75, 3.05) is 9.80 Å². The van der Waals surface area contributed by atoms with Gasteiger partial charge in [-0.25, -0.2) is 0 Å². The first-order valence-corrected chi connectivity index (χ1v) is 17.2. The standard InChI is InChI=1S/C45H35BrN2/c1-45(2)43-21-13-12-20-41(43)42-31-38(26-27-44(42)45)48(37-24-22-33(23-25-37)32-14-6-3-7-15-32)40-29-34(46)28-39(30-40)47(35-16-8-4-9-17-35)36-18-10-5-11-19-36/h3-31H,1-2H3. The molecule has 0 spiro atoms. The second-order valence-electron chi connectivity index (χ2n) is 12.8. The van der Waals surface area contributed by atoms with E-state index in [2.05, 4.69) is 216 Å². The minimum Gasteiger partial charge on any atom is -0.310 e. The molecule has 0 aromatic heterocycles. The van der Waals surface area contributed by atoms with Crippen LogP contribution in [0.5, 0.6) is 0 Å². The van der Waals surface area contributed by atoms with Gasteiger partial charge in [-0.1, -0.05) is 139 Å². The van der Waals surface area contributed by atoms with Crippen LogP contribution in [0.4, 0.5) is 34.1 Å². The minimum atomic E-state index is -0.0541. The van der Waals surface area contributed by atoms with Gasteiger partial charge in [0, 0.05) is 44.0 Å². The smallest absolute Gasteiger partial charge is 0.0493 e. The maximum atomic E-state index is 3.91. The fraction of sp³-hybridized carbons (Fsp3) is 0.0667. The van der Waals surface area contributed by atoms with E-state index in [0.29, 0.717) is 0 Å². The predicted molar refractivity (Wildman–Crippen MR) is 207 cm³/mol. The van der Waals surface area contributed by atoms with Gasteiger partial charge in [0.05, 0.1) is 0 Å². The lowest BCUT2D eigenvalue weighted by atomic mass is 9.82. The Morgan fingerprint density at radius 2 is 0.833 bits per heavy atom. The molecule has 0 N–H and O–H groups in total. The van der Waals surface area contributed by atoms with Crippen LogP contribution in [-0.4, -0.2) is 0 Å². The number of hydrogen-bond acceptors (Lipinski definition) is 2. The minimum absolute atomic E-state index is 0.0541. The van der Waals surface area contributed by atoms with Crippen molar-refractivity contribution in [1.82, 2.24) is 0 Å². The highest BCUT2D eigenvalue weighted by molar-refractivity contribution is 9.10. The van der Waals surface area contributed by atoms with E-state index in [4.69, 9.17) is 0 Å². The molecular weight excluding hydrogens is 648 g/mol. The molecule has 0 bridgehead atoms. The number of benzene rings is 7. The van der Waals surface area contributed by atoms with E-state index in [0.717, 1.165) is 38.6 Å². The van der Waals surface area contributed by atoms with Crippen LogP contribution >= 0.6 is 15.9 Å². The first-order valence-electron chi connectivity index (χ1n) is 16.4. The van der Waals surface area contributed by atoms with Crippen LogP contribution in [0.1, 0.15) is 25.0 Å². The van der Waals surface area contributed by atoms with Gasteiger partial charge in [0.25, 0.3) is 0 Å². The van der Waals surface area contributed by atoms with Gasteiger partial charge in [-0.3, -0.25) is 0 Å². The maximum absolute atomic E-state index is 3.91. The summed E-state index contributed by atoms with van der Waals surface area (Å²) in [7, 11) is 0. The van der Waals surface area contributed by atoms with Gasteiger partial charge in [-0.05, 0) is 100 Å². The van der Waals surface area contributed by atoms with Crippen LogP contribution in [0.3, 0.4) is 0 Å². The lowest BCUT2D eigenvalue weighted by Gasteiger charge is -2.30. The van der Waals surface area contributed by atoms with E-state index in [9.17, 15) is 0 Å². The molecule has 0 atom stereocenters. The molecule has 2 nitrogen and oxygen atoms in total.